The molecular weight excluding hydrogens is 326 g/mol. The maximum atomic E-state index is 12.4. The fourth-order valence-corrected chi connectivity index (χ4v) is 4.80. The van der Waals surface area contributed by atoms with Crippen molar-refractivity contribution in [2.45, 2.75) is 45.1 Å². The maximum Gasteiger partial charge on any atom is 0.238 e. The maximum absolute atomic E-state index is 12.4. The van der Waals surface area contributed by atoms with Gasteiger partial charge in [-0.25, -0.2) is 8.42 Å². The van der Waals surface area contributed by atoms with Crippen LogP contribution in [0.2, 0.25) is 0 Å². The standard InChI is InChI=1S/C17H27N3O3S/c1-2-3-13-24(22,23)20-12-4-5-16(20)17(21)19-11-10-14-6-8-15(18)9-7-14/h6-9,16H,2-5,10-13,18H2,1H3,(H,19,21). The van der Waals surface area contributed by atoms with Crippen molar-refractivity contribution in [3.63, 3.8) is 0 Å². The van der Waals surface area contributed by atoms with Gasteiger partial charge in [0.15, 0.2) is 0 Å². The van der Waals surface area contributed by atoms with Crippen LogP contribution in [0.1, 0.15) is 38.2 Å². The lowest BCUT2D eigenvalue weighted by Crippen LogP contribution is -2.47. The number of carbonyl (C=O) groups excluding carboxylic acids is 1. The lowest BCUT2D eigenvalue weighted by Gasteiger charge is -2.23. The van der Waals surface area contributed by atoms with Crippen LogP contribution in [0.3, 0.4) is 0 Å². The van der Waals surface area contributed by atoms with Crippen LogP contribution in [0.15, 0.2) is 24.3 Å². The Bertz CT molecular complexity index is 644. The first-order chi connectivity index (χ1) is 11.4. The molecule has 0 aromatic heterocycles. The molecule has 1 saturated heterocycles. The Hall–Kier alpha value is -1.60. The molecule has 1 fully saturated rings. The number of nitrogens with zero attached hydrogens (tertiary/aromatic N) is 1. The smallest absolute Gasteiger partial charge is 0.238 e. The summed E-state index contributed by atoms with van der Waals surface area (Å²) in [5.41, 5.74) is 7.44. The van der Waals surface area contributed by atoms with Gasteiger partial charge in [-0.05, 0) is 43.4 Å². The van der Waals surface area contributed by atoms with Crippen LogP contribution in [0, 0.1) is 0 Å². The van der Waals surface area contributed by atoms with Gasteiger partial charge in [0, 0.05) is 18.8 Å². The number of nitrogens with one attached hydrogen (secondary N) is 1. The topological polar surface area (TPSA) is 92.5 Å². The van der Waals surface area contributed by atoms with E-state index in [2.05, 4.69) is 5.32 Å². The largest absolute Gasteiger partial charge is 0.399 e. The average molecular weight is 353 g/mol. The number of nitrogens with two attached hydrogens (primary N) is 1. The number of benzene rings is 1. The minimum Gasteiger partial charge on any atom is -0.399 e. The first-order valence-corrected chi connectivity index (χ1v) is 10.2. The number of anilines is 1. The predicted molar refractivity (Wildman–Crippen MR) is 96.0 cm³/mol. The minimum atomic E-state index is -3.34. The van der Waals surface area contributed by atoms with E-state index in [0.717, 1.165) is 18.4 Å². The van der Waals surface area contributed by atoms with Crippen molar-refractivity contribution in [1.82, 2.24) is 9.62 Å². The predicted octanol–water partition coefficient (Wildman–Crippen LogP) is 1.52. The monoisotopic (exact) mass is 353 g/mol. The van der Waals surface area contributed by atoms with Crippen LogP contribution in [0.4, 0.5) is 5.69 Å². The molecule has 7 heteroatoms. The van der Waals surface area contributed by atoms with Crippen LogP contribution < -0.4 is 11.1 Å². The van der Waals surface area contributed by atoms with Gasteiger partial charge in [0.05, 0.1) is 5.75 Å². The number of hydrogen-bond donors (Lipinski definition) is 2. The Morgan fingerprint density at radius 2 is 2.04 bits per heavy atom. The summed E-state index contributed by atoms with van der Waals surface area (Å²) in [4.78, 5) is 12.4. The van der Waals surface area contributed by atoms with Gasteiger partial charge in [0.2, 0.25) is 15.9 Å². The van der Waals surface area contributed by atoms with Crippen molar-refractivity contribution >= 4 is 21.6 Å². The van der Waals surface area contributed by atoms with E-state index < -0.39 is 16.1 Å². The second-order valence-electron chi connectivity index (χ2n) is 6.22. The summed E-state index contributed by atoms with van der Waals surface area (Å²) >= 11 is 0. The Morgan fingerprint density at radius 3 is 2.71 bits per heavy atom. The van der Waals surface area contributed by atoms with Crippen LogP contribution in [0.5, 0.6) is 0 Å². The number of unbranched alkanes of at least 4 members (excludes halogenated alkanes) is 1. The van der Waals surface area contributed by atoms with Crippen LogP contribution >= 0.6 is 0 Å². The molecule has 0 saturated carbocycles. The van der Waals surface area contributed by atoms with E-state index in [1.165, 1.54) is 4.31 Å². The molecule has 24 heavy (non-hydrogen) atoms. The van der Waals surface area contributed by atoms with E-state index in [-0.39, 0.29) is 11.7 Å². The van der Waals surface area contributed by atoms with E-state index in [4.69, 9.17) is 5.73 Å². The van der Waals surface area contributed by atoms with Crippen molar-refractivity contribution in [3.8, 4) is 0 Å². The molecule has 0 aliphatic carbocycles. The highest BCUT2D eigenvalue weighted by atomic mass is 32.2. The summed E-state index contributed by atoms with van der Waals surface area (Å²) in [5.74, 6) is -0.0679. The van der Waals surface area contributed by atoms with Gasteiger partial charge >= 0.3 is 0 Å². The molecule has 0 spiro atoms. The molecule has 0 radical (unpaired) electrons. The van der Waals surface area contributed by atoms with Crippen molar-refractivity contribution in [2.24, 2.45) is 0 Å². The lowest BCUT2D eigenvalue weighted by molar-refractivity contribution is -0.124. The normalized spacial score (nSPS) is 18.6. The zero-order chi connectivity index (χ0) is 17.6. The number of amides is 1. The number of rotatable bonds is 8. The zero-order valence-electron chi connectivity index (χ0n) is 14.2. The Labute approximate surface area is 144 Å². The number of nitrogen functional groups attached to an aromatic ring is 1. The molecule has 1 aromatic carbocycles. The molecule has 3 N–H and O–H groups in total. The third-order valence-electron chi connectivity index (χ3n) is 4.31. The van der Waals surface area contributed by atoms with Gasteiger partial charge < -0.3 is 11.1 Å². The molecule has 1 aliphatic heterocycles. The van der Waals surface area contributed by atoms with Gasteiger partial charge in [-0.3, -0.25) is 4.79 Å². The average Bonchev–Trinajstić information content (AvgIpc) is 3.05. The first-order valence-electron chi connectivity index (χ1n) is 8.55. The Kier molecular flexibility index (Phi) is 6.62. The molecule has 1 aliphatic rings. The molecule has 2 rings (SSSR count). The summed E-state index contributed by atoms with van der Waals surface area (Å²) in [6, 6.07) is 6.96. The number of hydrogen-bond acceptors (Lipinski definition) is 4. The van der Waals surface area contributed by atoms with E-state index in [1.54, 1.807) is 0 Å². The van der Waals surface area contributed by atoms with Crippen LogP contribution in [-0.4, -0.2) is 43.5 Å². The number of carbonyl (C=O) groups is 1. The fourth-order valence-electron chi connectivity index (χ4n) is 2.91. The second kappa shape index (κ2) is 8.48. The molecule has 0 bridgehead atoms. The minimum absolute atomic E-state index is 0.124. The second-order valence-corrected chi connectivity index (χ2v) is 8.26. The van der Waals surface area contributed by atoms with Gasteiger partial charge in [0.1, 0.15) is 6.04 Å². The van der Waals surface area contributed by atoms with Crippen molar-refractivity contribution in [2.75, 3.05) is 24.6 Å². The summed E-state index contributed by atoms with van der Waals surface area (Å²) in [6.45, 7) is 2.89. The molecule has 1 unspecified atom stereocenters. The highest BCUT2D eigenvalue weighted by Crippen LogP contribution is 2.22. The van der Waals surface area contributed by atoms with E-state index >= 15 is 0 Å². The highest BCUT2D eigenvalue weighted by Gasteiger charge is 2.37. The first kappa shape index (κ1) is 18.7. The third-order valence-corrected chi connectivity index (χ3v) is 6.27. The Morgan fingerprint density at radius 1 is 1.33 bits per heavy atom. The van der Waals surface area contributed by atoms with Crippen molar-refractivity contribution in [3.05, 3.63) is 29.8 Å². The summed E-state index contributed by atoms with van der Waals surface area (Å²) in [6.07, 6.45) is 3.48. The van der Waals surface area contributed by atoms with Crippen molar-refractivity contribution < 1.29 is 13.2 Å². The third kappa shape index (κ3) is 4.95. The van der Waals surface area contributed by atoms with Gasteiger partial charge in [0.25, 0.3) is 0 Å². The molecule has 1 amide bonds. The summed E-state index contributed by atoms with van der Waals surface area (Å²) in [5, 5.41) is 2.87. The number of sulfonamides is 1. The van der Waals surface area contributed by atoms with Gasteiger partial charge in [-0.15, -0.1) is 0 Å². The Balaban J connectivity index is 1.87. The molecule has 1 atom stereocenters. The molecule has 6 nitrogen and oxygen atoms in total. The van der Waals surface area contributed by atoms with Crippen LogP contribution in [-0.2, 0) is 21.2 Å². The van der Waals surface area contributed by atoms with Gasteiger partial charge in [-0.2, -0.15) is 4.31 Å². The molecule has 134 valence electrons. The summed E-state index contributed by atoms with van der Waals surface area (Å²) < 4.78 is 26.1. The van der Waals surface area contributed by atoms with E-state index in [1.807, 2.05) is 31.2 Å². The molecule has 1 heterocycles. The quantitative estimate of drug-likeness (QED) is 0.693. The van der Waals surface area contributed by atoms with Crippen molar-refractivity contribution in [1.29, 1.82) is 0 Å². The van der Waals surface area contributed by atoms with E-state index in [0.29, 0.717) is 38.0 Å². The fraction of sp³-hybridized carbons (Fsp3) is 0.588. The highest BCUT2D eigenvalue weighted by molar-refractivity contribution is 7.89. The lowest BCUT2D eigenvalue weighted by atomic mass is 10.1. The zero-order valence-corrected chi connectivity index (χ0v) is 15.0. The SMILES string of the molecule is CCCCS(=O)(=O)N1CCCC1C(=O)NCCc1ccc(N)cc1. The molecular formula is C17H27N3O3S. The van der Waals surface area contributed by atoms with E-state index in [9.17, 15) is 13.2 Å². The molecule has 1 aromatic rings. The van der Waals surface area contributed by atoms with Gasteiger partial charge in [-0.1, -0.05) is 25.5 Å². The summed E-state index contributed by atoms with van der Waals surface area (Å²) in [7, 11) is -3.34. The van der Waals surface area contributed by atoms with Crippen LogP contribution in [0.25, 0.3) is 0 Å².